The Morgan fingerprint density at radius 1 is 1.24 bits per heavy atom. The van der Waals surface area contributed by atoms with E-state index >= 15 is 0 Å². The standard InChI is InChI=1S/C15H19FN2O3/c16-11-3-1-2-10(8-11)15(21)17-9-14(20)18-12-4-6-13(19)7-5-12/h1-3,8,12-13,19H,4-7,9H2,(H,17,21)(H,18,20). The van der Waals surface area contributed by atoms with Crippen LogP contribution in [0, 0.1) is 5.82 Å². The van der Waals surface area contributed by atoms with Crippen molar-refractivity contribution >= 4 is 11.8 Å². The van der Waals surface area contributed by atoms with Crippen molar-refractivity contribution < 1.29 is 19.1 Å². The molecule has 0 saturated heterocycles. The number of carbonyl (C=O) groups excluding carboxylic acids is 2. The molecule has 2 amide bonds. The van der Waals surface area contributed by atoms with E-state index in [-0.39, 0.29) is 30.2 Å². The highest BCUT2D eigenvalue weighted by Crippen LogP contribution is 2.18. The van der Waals surface area contributed by atoms with Gasteiger partial charge in [0, 0.05) is 11.6 Å². The predicted octanol–water partition coefficient (Wildman–Crippen LogP) is 0.975. The number of hydrogen-bond donors (Lipinski definition) is 3. The number of rotatable bonds is 4. The molecule has 1 fully saturated rings. The van der Waals surface area contributed by atoms with E-state index in [2.05, 4.69) is 10.6 Å². The maximum absolute atomic E-state index is 13.0. The molecular weight excluding hydrogens is 275 g/mol. The Morgan fingerprint density at radius 3 is 2.62 bits per heavy atom. The average molecular weight is 294 g/mol. The topological polar surface area (TPSA) is 78.4 Å². The molecule has 0 radical (unpaired) electrons. The highest BCUT2D eigenvalue weighted by Gasteiger charge is 2.20. The Balaban J connectivity index is 1.75. The third-order valence-electron chi connectivity index (χ3n) is 3.56. The molecule has 0 spiro atoms. The molecule has 5 nitrogen and oxygen atoms in total. The lowest BCUT2D eigenvalue weighted by molar-refractivity contribution is -0.121. The zero-order valence-electron chi connectivity index (χ0n) is 11.6. The van der Waals surface area contributed by atoms with E-state index in [0.717, 1.165) is 18.9 Å². The van der Waals surface area contributed by atoms with E-state index in [1.165, 1.54) is 18.2 Å². The van der Waals surface area contributed by atoms with Crippen molar-refractivity contribution in [2.24, 2.45) is 0 Å². The molecule has 0 atom stereocenters. The summed E-state index contributed by atoms with van der Waals surface area (Å²) >= 11 is 0. The first-order valence-electron chi connectivity index (χ1n) is 7.06. The van der Waals surface area contributed by atoms with Gasteiger partial charge in [-0.3, -0.25) is 9.59 Å². The van der Waals surface area contributed by atoms with Gasteiger partial charge in [0.2, 0.25) is 5.91 Å². The molecule has 6 heteroatoms. The average Bonchev–Trinajstić information content (AvgIpc) is 2.47. The zero-order chi connectivity index (χ0) is 15.2. The summed E-state index contributed by atoms with van der Waals surface area (Å²) in [6, 6.07) is 5.35. The first kappa shape index (κ1) is 15.4. The molecule has 1 aromatic rings. The second-order valence-electron chi connectivity index (χ2n) is 5.27. The summed E-state index contributed by atoms with van der Waals surface area (Å²) in [5.41, 5.74) is 0.184. The molecule has 1 saturated carbocycles. The summed E-state index contributed by atoms with van der Waals surface area (Å²) in [5.74, 6) is -1.25. The van der Waals surface area contributed by atoms with Crippen LogP contribution in [0.3, 0.4) is 0 Å². The maximum Gasteiger partial charge on any atom is 0.251 e. The van der Waals surface area contributed by atoms with Gasteiger partial charge in [-0.2, -0.15) is 0 Å². The number of nitrogens with one attached hydrogen (secondary N) is 2. The summed E-state index contributed by atoms with van der Waals surface area (Å²) in [6.07, 6.45) is 2.57. The van der Waals surface area contributed by atoms with Crippen LogP contribution in [0.5, 0.6) is 0 Å². The van der Waals surface area contributed by atoms with Crippen LogP contribution in [0.25, 0.3) is 0 Å². The minimum atomic E-state index is -0.493. The molecular formula is C15H19FN2O3. The Hall–Kier alpha value is -1.95. The Kier molecular flexibility index (Phi) is 5.27. The Bertz CT molecular complexity index is 513. The van der Waals surface area contributed by atoms with Gasteiger partial charge in [-0.05, 0) is 43.9 Å². The van der Waals surface area contributed by atoms with Crippen LogP contribution in [0.2, 0.25) is 0 Å². The van der Waals surface area contributed by atoms with Crippen LogP contribution in [0.4, 0.5) is 4.39 Å². The molecule has 114 valence electrons. The van der Waals surface area contributed by atoms with Crippen LogP contribution >= 0.6 is 0 Å². The van der Waals surface area contributed by atoms with Crippen LogP contribution in [-0.2, 0) is 4.79 Å². The van der Waals surface area contributed by atoms with Crippen LogP contribution < -0.4 is 10.6 Å². The number of aliphatic hydroxyl groups is 1. The molecule has 0 unspecified atom stereocenters. The van der Waals surface area contributed by atoms with Gasteiger partial charge in [0.15, 0.2) is 0 Å². The fourth-order valence-electron chi connectivity index (χ4n) is 2.39. The SMILES string of the molecule is O=C(CNC(=O)c1cccc(F)c1)NC1CCC(O)CC1. The van der Waals surface area contributed by atoms with Gasteiger partial charge in [-0.25, -0.2) is 4.39 Å². The second-order valence-corrected chi connectivity index (χ2v) is 5.27. The van der Waals surface area contributed by atoms with E-state index in [1.54, 1.807) is 0 Å². The van der Waals surface area contributed by atoms with E-state index in [9.17, 15) is 19.1 Å². The van der Waals surface area contributed by atoms with Crippen molar-refractivity contribution in [1.82, 2.24) is 10.6 Å². The van der Waals surface area contributed by atoms with Crippen molar-refractivity contribution in [2.45, 2.75) is 37.8 Å². The van der Waals surface area contributed by atoms with Crippen molar-refractivity contribution in [3.8, 4) is 0 Å². The first-order chi connectivity index (χ1) is 10.0. The normalized spacial score (nSPS) is 21.6. The lowest BCUT2D eigenvalue weighted by atomic mass is 9.93. The second kappa shape index (κ2) is 7.17. The molecule has 0 aliphatic heterocycles. The van der Waals surface area contributed by atoms with E-state index in [1.807, 2.05) is 0 Å². The summed E-state index contributed by atoms with van der Waals surface area (Å²) in [6.45, 7) is -0.144. The largest absolute Gasteiger partial charge is 0.393 e. The lowest BCUT2D eigenvalue weighted by Gasteiger charge is -2.26. The number of halogens is 1. The monoisotopic (exact) mass is 294 g/mol. The molecule has 0 heterocycles. The van der Waals surface area contributed by atoms with E-state index in [0.29, 0.717) is 12.8 Å². The smallest absolute Gasteiger partial charge is 0.251 e. The van der Waals surface area contributed by atoms with E-state index in [4.69, 9.17) is 0 Å². The molecule has 3 N–H and O–H groups in total. The molecule has 1 aliphatic carbocycles. The molecule has 1 aliphatic rings. The van der Waals surface area contributed by atoms with Gasteiger partial charge in [-0.1, -0.05) is 6.07 Å². The number of benzene rings is 1. The van der Waals surface area contributed by atoms with Crippen LogP contribution in [0.15, 0.2) is 24.3 Å². The first-order valence-corrected chi connectivity index (χ1v) is 7.06. The fourth-order valence-corrected chi connectivity index (χ4v) is 2.39. The van der Waals surface area contributed by atoms with Gasteiger partial charge in [0.1, 0.15) is 5.82 Å². The Labute approximate surface area is 122 Å². The van der Waals surface area contributed by atoms with Crippen molar-refractivity contribution in [2.75, 3.05) is 6.54 Å². The number of aliphatic hydroxyl groups excluding tert-OH is 1. The van der Waals surface area contributed by atoms with Crippen molar-refractivity contribution in [1.29, 1.82) is 0 Å². The zero-order valence-corrected chi connectivity index (χ0v) is 11.6. The summed E-state index contributed by atoms with van der Waals surface area (Å²) in [7, 11) is 0. The maximum atomic E-state index is 13.0. The van der Waals surface area contributed by atoms with Crippen LogP contribution in [-0.4, -0.2) is 35.6 Å². The number of hydrogen-bond acceptors (Lipinski definition) is 3. The summed E-state index contributed by atoms with van der Waals surface area (Å²) in [4.78, 5) is 23.5. The van der Waals surface area contributed by atoms with Gasteiger partial charge in [-0.15, -0.1) is 0 Å². The quantitative estimate of drug-likeness (QED) is 0.774. The predicted molar refractivity (Wildman–Crippen MR) is 75.1 cm³/mol. The van der Waals surface area contributed by atoms with Gasteiger partial charge < -0.3 is 15.7 Å². The molecule has 21 heavy (non-hydrogen) atoms. The molecule has 0 bridgehead atoms. The molecule has 2 rings (SSSR count). The van der Waals surface area contributed by atoms with Crippen LogP contribution in [0.1, 0.15) is 36.0 Å². The highest BCUT2D eigenvalue weighted by atomic mass is 19.1. The summed E-state index contributed by atoms with van der Waals surface area (Å²) < 4.78 is 13.0. The fraction of sp³-hybridized carbons (Fsp3) is 0.467. The lowest BCUT2D eigenvalue weighted by Crippen LogP contribution is -2.43. The molecule has 1 aromatic carbocycles. The summed E-state index contributed by atoms with van der Waals surface area (Å²) in [5, 5.41) is 14.7. The minimum absolute atomic E-state index is 0.0481. The van der Waals surface area contributed by atoms with E-state index < -0.39 is 11.7 Å². The van der Waals surface area contributed by atoms with Crippen molar-refractivity contribution in [3.05, 3.63) is 35.6 Å². The number of amides is 2. The molecule has 0 aromatic heterocycles. The third-order valence-corrected chi connectivity index (χ3v) is 3.56. The Morgan fingerprint density at radius 2 is 1.95 bits per heavy atom. The minimum Gasteiger partial charge on any atom is -0.393 e. The highest BCUT2D eigenvalue weighted by molar-refractivity contribution is 5.96. The van der Waals surface area contributed by atoms with Crippen molar-refractivity contribution in [3.63, 3.8) is 0 Å². The van der Waals surface area contributed by atoms with Gasteiger partial charge >= 0.3 is 0 Å². The van der Waals surface area contributed by atoms with Gasteiger partial charge in [0.25, 0.3) is 5.91 Å². The third kappa shape index (κ3) is 4.82. The number of carbonyl (C=O) groups is 2. The van der Waals surface area contributed by atoms with Gasteiger partial charge in [0.05, 0.1) is 12.6 Å².